The van der Waals surface area contributed by atoms with Crippen LogP contribution in [0.15, 0.2) is 152 Å². The van der Waals surface area contributed by atoms with Crippen LogP contribution in [0.2, 0.25) is 0 Å². The summed E-state index contributed by atoms with van der Waals surface area (Å²) in [7, 11) is 0. The summed E-state index contributed by atoms with van der Waals surface area (Å²) in [4.78, 5) is 2.68. The van der Waals surface area contributed by atoms with Crippen molar-refractivity contribution >= 4 is 5.69 Å². The molecule has 0 bridgehead atoms. The van der Waals surface area contributed by atoms with E-state index in [2.05, 4.69) is 157 Å². The van der Waals surface area contributed by atoms with Crippen LogP contribution < -0.4 is 4.90 Å². The maximum Gasteiger partial charge on any atom is 0.104 e. The molecule has 0 N–H and O–H groups in total. The summed E-state index contributed by atoms with van der Waals surface area (Å²) >= 11 is 0. The van der Waals surface area contributed by atoms with Gasteiger partial charge in [-0.15, -0.1) is 0 Å². The Morgan fingerprint density at radius 2 is 0.778 bits per heavy atom. The van der Waals surface area contributed by atoms with Gasteiger partial charge in [0.25, 0.3) is 0 Å². The first-order valence-electron chi connectivity index (χ1n) is 12.9. The number of benzene rings is 5. The first-order valence-corrected chi connectivity index (χ1v) is 12.9. The first-order chi connectivity index (χ1) is 17.9. The van der Waals surface area contributed by atoms with Crippen LogP contribution in [0.4, 0.5) is 5.69 Å². The van der Waals surface area contributed by atoms with Crippen LogP contribution in [0, 0.1) is 0 Å². The number of nitrogens with zero attached hydrogens (tertiary/aromatic N) is 1. The molecule has 0 spiro atoms. The van der Waals surface area contributed by atoms with Gasteiger partial charge in [-0.25, -0.2) is 0 Å². The first kappa shape index (κ1) is 22.4. The second kappa shape index (κ2) is 9.51. The highest BCUT2D eigenvalue weighted by molar-refractivity contribution is 5.65. The molecule has 0 atom stereocenters. The van der Waals surface area contributed by atoms with Crippen molar-refractivity contribution in [3.8, 4) is 0 Å². The predicted molar refractivity (Wildman–Crippen MR) is 150 cm³/mol. The molecule has 6 rings (SSSR count). The molecule has 1 heterocycles. The third kappa shape index (κ3) is 3.38. The molecule has 1 nitrogen and oxygen atoms in total. The van der Waals surface area contributed by atoms with Gasteiger partial charge in [-0.1, -0.05) is 140 Å². The Labute approximate surface area is 214 Å². The predicted octanol–water partition coefficient (Wildman–Crippen LogP) is 8.22. The van der Waals surface area contributed by atoms with Crippen molar-refractivity contribution in [1.29, 1.82) is 0 Å². The van der Waals surface area contributed by atoms with E-state index in [0.717, 1.165) is 19.4 Å². The van der Waals surface area contributed by atoms with Gasteiger partial charge >= 0.3 is 0 Å². The number of rotatable bonds is 5. The van der Waals surface area contributed by atoms with Crippen LogP contribution in [0.25, 0.3) is 0 Å². The molecule has 0 aliphatic carbocycles. The van der Waals surface area contributed by atoms with Crippen LogP contribution in [0.3, 0.4) is 0 Å². The normalized spacial score (nSPS) is 16.4. The Morgan fingerprint density at radius 3 is 1.19 bits per heavy atom. The monoisotopic (exact) mass is 465 g/mol. The van der Waals surface area contributed by atoms with Crippen molar-refractivity contribution in [2.24, 2.45) is 0 Å². The summed E-state index contributed by atoms with van der Waals surface area (Å²) in [5, 5.41) is 0. The van der Waals surface area contributed by atoms with Crippen molar-refractivity contribution < 1.29 is 0 Å². The van der Waals surface area contributed by atoms with Gasteiger partial charge in [0.15, 0.2) is 0 Å². The Kier molecular flexibility index (Phi) is 5.91. The number of para-hydroxylation sites is 1. The minimum absolute atomic E-state index is 0.313. The molecule has 0 unspecified atom stereocenters. The summed E-state index contributed by atoms with van der Waals surface area (Å²) in [6.07, 6.45) is 2.15. The van der Waals surface area contributed by atoms with Crippen LogP contribution >= 0.6 is 0 Å². The second-order valence-electron chi connectivity index (χ2n) is 9.67. The maximum absolute atomic E-state index is 2.68. The molecule has 5 aromatic rings. The zero-order chi connectivity index (χ0) is 24.3. The summed E-state index contributed by atoms with van der Waals surface area (Å²) in [5.74, 6) is 0. The van der Waals surface area contributed by atoms with Gasteiger partial charge in [-0.05, 0) is 47.2 Å². The fourth-order valence-corrected chi connectivity index (χ4v) is 6.66. The molecule has 1 aliphatic heterocycles. The lowest BCUT2D eigenvalue weighted by Gasteiger charge is -2.61. The van der Waals surface area contributed by atoms with Gasteiger partial charge in [0.05, 0.1) is 5.41 Å². The molecule has 1 fully saturated rings. The highest BCUT2D eigenvalue weighted by atomic mass is 15.2. The molecular formula is C35H31N. The quantitative estimate of drug-likeness (QED) is 0.253. The van der Waals surface area contributed by atoms with E-state index in [-0.39, 0.29) is 5.41 Å². The minimum atomic E-state index is -0.460. The molecule has 36 heavy (non-hydrogen) atoms. The lowest BCUT2D eigenvalue weighted by atomic mass is 9.52. The van der Waals surface area contributed by atoms with E-state index >= 15 is 0 Å². The van der Waals surface area contributed by atoms with E-state index in [4.69, 9.17) is 0 Å². The highest BCUT2D eigenvalue weighted by Gasteiger charge is 2.60. The van der Waals surface area contributed by atoms with Gasteiger partial charge < -0.3 is 4.90 Å². The number of hydrogen-bond donors (Lipinski definition) is 0. The highest BCUT2D eigenvalue weighted by Crippen LogP contribution is 2.60. The molecule has 1 saturated heterocycles. The van der Waals surface area contributed by atoms with E-state index in [0.29, 0.717) is 0 Å². The Bertz CT molecular complexity index is 1300. The SMILES string of the molecule is c1ccc(N2CCCC(c3ccccc3)(c3ccccc3)C2(c2ccccc2)c2ccccc2)cc1. The maximum atomic E-state index is 2.68. The molecule has 0 amide bonds. The lowest BCUT2D eigenvalue weighted by Crippen LogP contribution is -2.64. The van der Waals surface area contributed by atoms with Gasteiger partial charge in [-0.2, -0.15) is 0 Å². The van der Waals surface area contributed by atoms with Crippen LogP contribution in [0.5, 0.6) is 0 Å². The van der Waals surface area contributed by atoms with E-state index < -0.39 is 5.54 Å². The molecular weight excluding hydrogens is 434 g/mol. The van der Waals surface area contributed by atoms with E-state index in [9.17, 15) is 0 Å². The number of hydrogen-bond acceptors (Lipinski definition) is 1. The third-order valence-electron chi connectivity index (χ3n) is 7.94. The van der Waals surface area contributed by atoms with E-state index in [1.807, 2.05) is 0 Å². The van der Waals surface area contributed by atoms with Gasteiger partial charge in [0, 0.05) is 12.2 Å². The molecule has 0 aromatic heterocycles. The Morgan fingerprint density at radius 1 is 0.417 bits per heavy atom. The van der Waals surface area contributed by atoms with Gasteiger partial charge in [0.2, 0.25) is 0 Å². The van der Waals surface area contributed by atoms with Crippen LogP contribution in [-0.2, 0) is 11.0 Å². The molecule has 0 radical (unpaired) electrons. The lowest BCUT2D eigenvalue weighted by molar-refractivity contribution is 0.230. The summed E-state index contributed by atoms with van der Waals surface area (Å²) in [5.41, 5.74) is 5.81. The Hall–Kier alpha value is -4.10. The molecule has 1 aliphatic rings. The van der Waals surface area contributed by atoms with Crippen molar-refractivity contribution in [1.82, 2.24) is 0 Å². The van der Waals surface area contributed by atoms with Crippen molar-refractivity contribution in [2.45, 2.75) is 23.8 Å². The van der Waals surface area contributed by atoms with E-state index in [1.165, 1.54) is 27.9 Å². The Balaban J connectivity index is 1.81. The van der Waals surface area contributed by atoms with Crippen molar-refractivity contribution in [3.05, 3.63) is 174 Å². The average Bonchev–Trinajstić information content (AvgIpc) is 2.99. The van der Waals surface area contributed by atoms with Crippen LogP contribution in [0.1, 0.15) is 35.1 Å². The second-order valence-corrected chi connectivity index (χ2v) is 9.67. The zero-order valence-corrected chi connectivity index (χ0v) is 20.5. The molecule has 0 saturated carbocycles. The van der Waals surface area contributed by atoms with Gasteiger partial charge in [0.1, 0.15) is 5.54 Å². The zero-order valence-electron chi connectivity index (χ0n) is 20.5. The smallest absolute Gasteiger partial charge is 0.104 e. The summed E-state index contributed by atoms with van der Waals surface area (Å²) < 4.78 is 0. The number of piperidine rings is 1. The molecule has 176 valence electrons. The average molecular weight is 466 g/mol. The topological polar surface area (TPSA) is 3.24 Å². The fraction of sp³-hybridized carbons (Fsp3) is 0.143. The molecule has 1 heteroatoms. The number of anilines is 1. The third-order valence-corrected chi connectivity index (χ3v) is 7.94. The minimum Gasteiger partial charge on any atom is -0.356 e. The van der Waals surface area contributed by atoms with E-state index in [1.54, 1.807) is 0 Å². The largest absolute Gasteiger partial charge is 0.356 e. The molecule has 5 aromatic carbocycles. The van der Waals surface area contributed by atoms with Crippen LogP contribution in [-0.4, -0.2) is 6.54 Å². The summed E-state index contributed by atoms with van der Waals surface area (Å²) in [6.45, 7) is 0.981. The van der Waals surface area contributed by atoms with Crippen molar-refractivity contribution in [2.75, 3.05) is 11.4 Å². The summed E-state index contributed by atoms with van der Waals surface area (Å²) in [6, 6.07) is 55.7. The standard InChI is InChI=1S/C35H31N/c1-6-17-29(18-7-1)34(30-19-8-2-9-20-30)27-16-28-36(33-25-14-5-15-26-33)35(34,31-21-10-3-11-22-31)32-23-12-4-13-24-32/h1-15,17-26H,16,27-28H2. The fourth-order valence-electron chi connectivity index (χ4n) is 6.66. The van der Waals surface area contributed by atoms with Gasteiger partial charge in [-0.3, -0.25) is 0 Å². The van der Waals surface area contributed by atoms with Crippen molar-refractivity contribution in [3.63, 3.8) is 0 Å².